The van der Waals surface area contributed by atoms with Crippen molar-refractivity contribution in [2.45, 2.75) is 25.7 Å². The molecule has 0 aromatic heterocycles. The number of methoxy groups -OCH3 is 1. The number of para-hydroxylation sites is 1. The highest BCUT2D eigenvalue weighted by Crippen LogP contribution is 2.33. The molecule has 0 aliphatic carbocycles. The van der Waals surface area contributed by atoms with Crippen molar-refractivity contribution in [1.82, 2.24) is 10.2 Å². The summed E-state index contributed by atoms with van der Waals surface area (Å²) in [6.45, 7) is 0.299. The molecular weight excluding hydrogens is 400 g/mol. The number of rotatable bonds is 10. The Morgan fingerprint density at radius 1 is 1.29 bits per heavy atom. The first-order valence-corrected chi connectivity index (χ1v) is 10.0. The van der Waals surface area contributed by atoms with Gasteiger partial charge in [-0.2, -0.15) is 0 Å². The molecule has 0 saturated carbocycles. The van der Waals surface area contributed by atoms with E-state index in [1.54, 1.807) is 19.3 Å². The number of thiocarbonyl (C=S) groups is 1. The van der Waals surface area contributed by atoms with Crippen LogP contribution in [0.4, 0.5) is 0 Å². The topological polar surface area (TPSA) is 95.9 Å². The molecule has 150 valence electrons. The summed E-state index contributed by atoms with van der Waals surface area (Å²) in [5.41, 5.74) is 0.760. The van der Waals surface area contributed by atoms with Crippen molar-refractivity contribution in [3.63, 3.8) is 0 Å². The van der Waals surface area contributed by atoms with Gasteiger partial charge in [0.15, 0.2) is 0 Å². The number of carboxylic acid groups (broad SMARTS) is 1. The van der Waals surface area contributed by atoms with Gasteiger partial charge in [0.05, 0.1) is 12.0 Å². The number of amides is 2. The summed E-state index contributed by atoms with van der Waals surface area (Å²) < 4.78 is 5.62. The zero-order chi connectivity index (χ0) is 20.5. The minimum absolute atomic E-state index is 0.128. The number of benzene rings is 1. The first-order valence-electron chi connectivity index (χ1n) is 8.79. The van der Waals surface area contributed by atoms with Crippen molar-refractivity contribution in [2.75, 3.05) is 20.2 Å². The number of aliphatic carboxylic acids is 1. The van der Waals surface area contributed by atoms with Crippen LogP contribution in [0.25, 0.3) is 6.08 Å². The Hall–Kier alpha value is -2.39. The van der Waals surface area contributed by atoms with E-state index in [1.807, 2.05) is 18.2 Å². The molecule has 1 aliphatic heterocycles. The van der Waals surface area contributed by atoms with Crippen molar-refractivity contribution in [3.05, 3.63) is 34.7 Å². The Morgan fingerprint density at radius 2 is 2.04 bits per heavy atom. The van der Waals surface area contributed by atoms with Crippen LogP contribution >= 0.6 is 24.0 Å². The Bertz CT molecular complexity index is 794. The zero-order valence-corrected chi connectivity index (χ0v) is 17.1. The molecule has 0 atom stereocenters. The highest BCUT2D eigenvalue weighted by atomic mass is 32.2. The van der Waals surface area contributed by atoms with E-state index in [0.29, 0.717) is 34.4 Å². The summed E-state index contributed by atoms with van der Waals surface area (Å²) >= 11 is 6.40. The first kappa shape index (κ1) is 21.9. The van der Waals surface area contributed by atoms with Gasteiger partial charge in [-0.25, -0.2) is 0 Å². The van der Waals surface area contributed by atoms with Gasteiger partial charge < -0.3 is 15.2 Å². The van der Waals surface area contributed by atoms with Crippen molar-refractivity contribution in [1.29, 1.82) is 0 Å². The van der Waals surface area contributed by atoms with E-state index >= 15 is 0 Å². The van der Waals surface area contributed by atoms with Crippen molar-refractivity contribution < 1.29 is 24.2 Å². The van der Waals surface area contributed by atoms with E-state index < -0.39 is 5.97 Å². The van der Waals surface area contributed by atoms with Crippen LogP contribution in [0.15, 0.2) is 29.2 Å². The van der Waals surface area contributed by atoms with Gasteiger partial charge in [-0.15, -0.1) is 0 Å². The number of nitrogens with one attached hydrogen (secondary N) is 1. The van der Waals surface area contributed by atoms with E-state index in [4.69, 9.17) is 22.1 Å². The number of hydrogen-bond acceptors (Lipinski definition) is 6. The lowest BCUT2D eigenvalue weighted by Gasteiger charge is -2.14. The molecule has 28 heavy (non-hydrogen) atoms. The monoisotopic (exact) mass is 422 g/mol. The summed E-state index contributed by atoms with van der Waals surface area (Å²) in [5.74, 6) is -0.779. The van der Waals surface area contributed by atoms with Gasteiger partial charge in [0.25, 0.3) is 5.91 Å². The third-order valence-corrected chi connectivity index (χ3v) is 5.37. The minimum atomic E-state index is -0.820. The summed E-state index contributed by atoms with van der Waals surface area (Å²) in [6, 6.07) is 7.32. The molecule has 0 radical (unpaired) electrons. The maximum atomic E-state index is 12.6. The minimum Gasteiger partial charge on any atom is -0.496 e. The Balaban J connectivity index is 1.87. The van der Waals surface area contributed by atoms with E-state index in [0.717, 1.165) is 23.7 Å². The summed E-state index contributed by atoms with van der Waals surface area (Å²) in [4.78, 5) is 36.9. The maximum absolute atomic E-state index is 12.6. The van der Waals surface area contributed by atoms with Gasteiger partial charge in [-0.3, -0.25) is 19.3 Å². The van der Waals surface area contributed by atoms with Crippen LogP contribution in [0.1, 0.15) is 31.2 Å². The molecule has 2 N–H and O–H groups in total. The molecule has 2 rings (SSSR count). The smallest absolute Gasteiger partial charge is 0.303 e. The molecule has 7 nitrogen and oxygen atoms in total. The average Bonchev–Trinajstić information content (AvgIpc) is 2.92. The molecular formula is C19H22N2O5S2. The predicted molar refractivity (Wildman–Crippen MR) is 112 cm³/mol. The molecule has 1 saturated heterocycles. The molecule has 1 heterocycles. The van der Waals surface area contributed by atoms with E-state index in [2.05, 4.69) is 5.32 Å². The fraction of sp³-hybridized carbons (Fsp3) is 0.368. The number of unbranched alkanes of at least 4 members (excludes halogenated alkanes) is 2. The van der Waals surface area contributed by atoms with Crippen LogP contribution < -0.4 is 10.1 Å². The third-order valence-electron chi connectivity index (χ3n) is 3.99. The van der Waals surface area contributed by atoms with Gasteiger partial charge in [0.2, 0.25) is 5.91 Å². The lowest BCUT2D eigenvalue weighted by atomic mass is 10.2. The highest BCUT2D eigenvalue weighted by Gasteiger charge is 2.33. The zero-order valence-electron chi connectivity index (χ0n) is 15.5. The fourth-order valence-corrected chi connectivity index (χ4v) is 3.81. The van der Waals surface area contributed by atoms with E-state index in [1.165, 1.54) is 4.90 Å². The maximum Gasteiger partial charge on any atom is 0.303 e. The molecule has 1 aromatic carbocycles. The SMILES string of the molecule is COc1ccccc1/C=C1\SC(=S)N(CC(=O)NCCCCCC(=O)O)C1=O. The van der Waals surface area contributed by atoms with Crippen molar-refractivity contribution in [3.8, 4) is 5.75 Å². The Labute approximate surface area is 173 Å². The standard InChI is InChI=1S/C19H22N2O5S2/c1-26-14-8-5-4-7-13(14)11-15-18(25)21(19(27)28-15)12-16(22)20-10-6-2-3-9-17(23)24/h4-5,7-8,11H,2-3,6,9-10,12H2,1H3,(H,20,22)(H,23,24)/b15-11-. The van der Waals surface area contributed by atoms with E-state index in [9.17, 15) is 14.4 Å². The Morgan fingerprint density at radius 3 is 2.75 bits per heavy atom. The number of nitrogens with zero attached hydrogens (tertiary/aromatic N) is 1. The molecule has 1 fully saturated rings. The van der Waals surface area contributed by atoms with Crippen molar-refractivity contribution >= 4 is 52.2 Å². The Kier molecular flexibility index (Phi) is 8.46. The third kappa shape index (κ3) is 6.35. The number of carbonyl (C=O) groups is 3. The normalized spacial score (nSPS) is 15.2. The number of thioether (sulfide) groups is 1. The molecule has 0 bridgehead atoms. The van der Waals surface area contributed by atoms with Gasteiger partial charge in [0, 0.05) is 18.5 Å². The number of ether oxygens (including phenoxy) is 1. The van der Waals surface area contributed by atoms with Crippen LogP contribution in [-0.2, 0) is 14.4 Å². The first-order chi connectivity index (χ1) is 13.4. The highest BCUT2D eigenvalue weighted by molar-refractivity contribution is 8.26. The number of carbonyl (C=O) groups excluding carboxylic acids is 2. The lowest BCUT2D eigenvalue weighted by molar-refractivity contribution is -0.137. The fourth-order valence-electron chi connectivity index (χ4n) is 2.57. The quantitative estimate of drug-likeness (QED) is 0.340. The molecule has 9 heteroatoms. The average molecular weight is 423 g/mol. The summed E-state index contributed by atoms with van der Waals surface area (Å²) in [5, 5.41) is 11.3. The van der Waals surface area contributed by atoms with Gasteiger partial charge in [-0.05, 0) is 25.0 Å². The van der Waals surface area contributed by atoms with Crippen LogP contribution in [0.3, 0.4) is 0 Å². The lowest BCUT2D eigenvalue weighted by Crippen LogP contribution is -2.39. The van der Waals surface area contributed by atoms with Crippen molar-refractivity contribution in [2.24, 2.45) is 0 Å². The molecule has 0 unspecified atom stereocenters. The number of hydrogen-bond donors (Lipinski definition) is 2. The molecule has 1 aliphatic rings. The predicted octanol–water partition coefficient (Wildman–Crippen LogP) is 2.66. The van der Waals surface area contributed by atoms with E-state index in [-0.39, 0.29) is 24.8 Å². The second kappa shape index (κ2) is 10.8. The van der Waals surface area contributed by atoms with Crippen LogP contribution in [-0.4, -0.2) is 52.3 Å². The van der Waals surface area contributed by atoms with Gasteiger partial charge in [0.1, 0.15) is 16.6 Å². The molecule has 1 aromatic rings. The second-order valence-corrected chi connectivity index (χ2v) is 7.74. The van der Waals surface area contributed by atoms with Crippen LogP contribution in [0.5, 0.6) is 5.75 Å². The second-order valence-electron chi connectivity index (χ2n) is 6.06. The summed E-state index contributed by atoms with van der Waals surface area (Å²) in [6.07, 6.45) is 3.82. The summed E-state index contributed by atoms with van der Waals surface area (Å²) in [7, 11) is 1.56. The van der Waals surface area contributed by atoms with Gasteiger partial charge in [-0.1, -0.05) is 48.6 Å². The molecule has 2 amide bonds. The molecule has 0 spiro atoms. The van der Waals surface area contributed by atoms with Crippen LogP contribution in [0.2, 0.25) is 0 Å². The van der Waals surface area contributed by atoms with Gasteiger partial charge >= 0.3 is 5.97 Å². The van der Waals surface area contributed by atoms with Crippen LogP contribution in [0, 0.1) is 0 Å². The largest absolute Gasteiger partial charge is 0.496 e. The number of carboxylic acids is 1.